The summed E-state index contributed by atoms with van der Waals surface area (Å²) in [6, 6.07) is 0. The van der Waals surface area contributed by atoms with Crippen molar-refractivity contribution in [3.8, 4) is 10.6 Å². The number of thiophene rings is 1. The van der Waals surface area contributed by atoms with Gasteiger partial charge in [0.15, 0.2) is 0 Å². The molecule has 0 saturated heterocycles. The number of rotatable bonds is 5. The van der Waals surface area contributed by atoms with E-state index >= 15 is 0 Å². The van der Waals surface area contributed by atoms with Crippen LogP contribution in [0, 0.1) is 0 Å². The third-order valence-corrected chi connectivity index (χ3v) is 7.78. The van der Waals surface area contributed by atoms with Gasteiger partial charge in [-0.05, 0) is 50.5 Å². The molecule has 2 aliphatic carbocycles. The zero-order valence-corrected chi connectivity index (χ0v) is 17.6. The van der Waals surface area contributed by atoms with E-state index in [0.717, 1.165) is 45.4 Å². The summed E-state index contributed by atoms with van der Waals surface area (Å²) in [5, 5.41) is 16.4. The van der Waals surface area contributed by atoms with Crippen LogP contribution in [0.2, 0.25) is 0 Å². The maximum absolute atomic E-state index is 13.0. The molecule has 0 spiro atoms. The molecule has 0 radical (unpaired) electrons. The Kier molecular flexibility index (Phi) is 5.01. The van der Waals surface area contributed by atoms with Gasteiger partial charge in [0.1, 0.15) is 10.0 Å². The fourth-order valence-electron chi connectivity index (χ4n) is 4.08. The van der Waals surface area contributed by atoms with Crippen molar-refractivity contribution >= 4 is 39.6 Å². The minimum atomic E-state index is -0.983. The molecule has 29 heavy (non-hydrogen) atoms. The Balaban J connectivity index is 1.51. The summed E-state index contributed by atoms with van der Waals surface area (Å²) >= 11 is 3.16. The van der Waals surface area contributed by atoms with E-state index in [0.29, 0.717) is 37.5 Å². The van der Waals surface area contributed by atoms with Gasteiger partial charge in [0.2, 0.25) is 0 Å². The fraction of sp³-hybridized carbons (Fsp3) is 0.476. The quantitative estimate of drug-likeness (QED) is 0.717. The highest BCUT2D eigenvalue weighted by atomic mass is 32.1. The van der Waals surface area contributed by atoms with Crippen LogP contribution >= 0.6 is 22.7 Å². The van der Waals surface area contributed by atoms with E-state index in [1.807, 2.05) is 0 Å². The Hall–Kier alpha value is -2.03. The number of hydrogen-bond donors (Lipinski definition) is 2. The number of aromatic nitrogens is 1. The van der Waals surface area contributed by atoms with Gasteiger partial charge in [-0.25, -0.2) is 9.78 Å². The molecule has 6 nitrogen and oxygen atoms in total. The van der Waals surface area contributed by atoms with E-state index < -0.39 is 5.97 Å². The minimum absolute atomic E-state index is 0.255. The van der Waals surface area contributed by atoms with Crippen molar-refractivity contribution in [2.24, 2.45) is 0 Å². The van der Waals surface area contributed by atoms with Crippen LogP contribution in [0.5, 0.6) is 0 Å². The fourth-order valence-corrected chi connectivity index (χ4v) is 6.31. The summed E-state index contributed by atoms with van der Waals surface area (Å²) in [6.07, 6.45) is 5.84. The molecule has 5 rings (SSSR count). The van der Waals surface area contributed by atoms with Crippen molar-refractivity contribution in [1.82, 2.24) is 4.98 Å². The van der Waals surface area contributed by atoms with E-state index in [4.69, 9.17) is 9.72 Å². The predicted molar refractivity (Wildman–Crippen MR) is 113 cm³/mol. The number of carbonyl (C=O) groups is 2. The Bertz CT molecular complexity index is 1020. The first-order valence-corrected chi connectivity index (χ1v) is 11.8. The molecule has 0 aromatic carbocycles. The predicted octanol–water partition coefficient (Wildman–Crippen LogP) is 4.72. The number of hydrogen-bond acceptors (Lipinski definition) is 6. The number of ether oxygens (including phenoxy) is 1. The first-order valence-electron chi connectivity index (χ1n) is 10.1. The first kappa shape index (κ1) is 19.0. The molecule has 152 valence electrons. The smallest absolute Gasteiger partial charge is 0.332 e. The molecule has 1 amide bonds. The third kappa shape index (κ3) is 3.65. The van der Waals surface area contributed by atoms with Crippen molar-refractivity contribution in [3.05, 3.63) is 32.7 Å². The van der Waals surface area contributed by atoms with Crippen molar-refractivity contribution in [3.63, 3.8) is 0 Å². The molecule has 3 aliphatic rings. The van der Waals surface area contributed by atoms with Gasteiger partial charge in [-0.15, -0.1) is 22.7 Å². The Morgan fingerprint density at radius 2 is 1.97 bits per heavy atom. The molecule has 0 unspecified atom stereocenters. The Morgan fingerprint density at radius 1 is 1.17 bits per heavy atom. The Morgan fingerprint density at radius 3 is 2.72 bits per heavy atom. The number of fused-ring (bicyclic) bond motifs is 1. The van der Waals surface area contributed by atoms with E-state index in [-0.39, 0.29) is 11.5 Å². The highest BCUT2D eigenvalue weighted by Gasteiger charge is 2.30. The zero-order chi connectivity index (χ0) is 20.0. The van der Waals surface area contributed by atoms with Gasteiger partial charge in [0.25, 0.3) is 5.91 Å². The van der Waals surface area contributed by atoms with Crippen molar-refractivity contribution in [1.29, 1.82) is 0 Å². The molecule has 2 aromatic heterocycles. The largest absolute Gasteiger partial charge is 0.478 e. The standard InChI is InChI=1S/C21H22N2O4S2/c24-18(12-3-1-2-4-13(12)21(25)26)23-20-17(14-7-8-27-9-16(14)29-20)19-22-15(10-28-19)11-5-6-11/h10-11H,1-9H2,(H,23,24)(H,25,26). The zero-order valence-electron chi connectivity index (χ0n) is 16.0. The van der Waals surface area contributed by atoms with Gasteiger partial charge >= 0.3 is 5.97 Å². The third-order valence-electron chi connectivity index (χ3n) is 5.78. The summed E-state index contributed by atoms with van der Waals surface area (Å²) in [4.78, 5) is 30.6. The first-order chi connectivity index (χ1) is 14.1. The highest BCUT2D eigenvalue weighted by Crippen LogP contribution is 2.47. The SMILES string of the molecule is O=C(O)C1=C(C(=O)Nc2sc3c(c2-c2nc(C4CC4)cs2)CCOC3)CCCC1. The molecule has 8 heteroatoms. The lowest BCUT2D eigenvalue weighted by Gasteiger charge is -2.17. The number of thiazole rings is 1. The molecule has 0 atom stereocenters. The normalized spacial score (nSPS) is 19.2. The number of carboxylic acid groups (broad SMARTS) is 1. The topological polar surface area (TPSA) is 88.5 Å². The van der Waals surface area contributed by atoms with Crippen LogP contribution in [0.1, 0.15) is 60.6 Å². The highest BCUT2D eigenvalue weighted by molar-refractivity contribution is 7.18. The number of nitrogens with zero attached hydrogens (tertiary/aromatic N) is 1. The molecule has 2 N–H and O–H groups in total. The van der Waals surface area contributed by atoms with Crippen LogP contribution in [0.3, 0.4) is 0 Å². The van der Waals surface area contributed by atoms with Gasteiger partial charge in [-0.1, -0.05) is 0 Å². The number of anilines is 1. The molecular weight excluding hydrogens is 408 g/mol. The van der Waals surface area contributed by atoms with Gasteiger partial charge in [-0.2, -0.15) is 0 Å². The minimum Gasteiger partial charge on any atom is -0.478 e. The van der Waals surface area contributed by atoms with Crippen LogP contribution in [-0.4, -0.2) is 28.6 Å². The van der Waals surface area contributed by atoms with E-state index in [1.165, 1.54) is 29.7 Å². The number of amides is 1. The lowest BCUT2D eigenvalue weighted by molar-refractivity contribution is -0.133. The van der Waals surface area contributed by atoms with Crippen LogP contribution in [0.15, 0.2) is 16.5 Å². The summed E-state index contributed by atoms with van der Waals surface area (Å²) in [5.41, 5.74) is 4.04. The second-order valence-corrected chi connectivity index (χ2v) is 9.75. The molecule has 1 fully saturated rings. The molecule has 3 heterocycles. The number of carbonyl (C=O) groups excluding carboxylic acids is 1. The monoisotopic (exact) mass is 430 g/mol. The van der Waals surface area contributed by atoms with Gasteiger partial charge < -0.3 is 15.2 Å². The maximum Gasteiger partial charge on any atom is 0.332 e. The summed E-state index contributed by atoms with van der Waals surface area (Å²) in [6.45, 7) is 1.21. The van der Waals surface area contributed by atoms with Crippen LogP contribution in [-0.2, 0) is 27.4 Å². The van der Waals surface area contributed by atoms with Gasteiger partial charge in [0, 0.05) is 32.9 Å². The lowest BCUT2D eigenvalue weighted by atomic mass is 9.91. The number of nitrogens with one attached hydrogen (secondary N) is 1. The van der Waals surface area contributed by atoms with Gasteiger partial charge in [-0.3, -0.25) is 4.79 Å². The van der Waals surface area contributed by atoms with E-state index in [9.17, 15) is 14.7 Å². The molecule has 2 aromatic rings. The molecule has 1 aliphatic heterocycles. The average molecular weight is 431 g/mol. The second-order valence-electron chi connectivity index (χ2n) is 7.79. The van der Waals surface area contributed by atoms with Crippen LogP contribution < -0.4 is 5.32 Å². The van der Waals surface area contributed by atoms with Gasteiger partial charge in [0.05, 0.1) is 18.9 Å². The van der Waals surface area contributed by atoms with Crippen molar-refractivity contribution in [2.45, 2.75) is 57.5 Å². The van der Waals surface area contributed by atoms with E-state index in [2.05, 4.69) is 10.7 Å². The van der Waals surface area contributed by atoms with Crippen LogP contribution in [0.25, 0.3) is 10.6 Å². The average Bonchev–Trinajstić information content (AvgIpc) is 3.35. The Labute approximate surface area is 176 Å². The number of aliphatic carboxylic acids is 1. The van der Waals surface area contributed by atoms with E-state index in [1.54, 1.807) is 11.3 Å². The molecular formula is C21H22N2O4S2. The summed E-state index contributed by atoms with van der Waals surface area (Å²) in [7, 11) is 0. The van der Waals surface area contributed by atoms with Crippen molar-refractivity contribution in [2.75, 3.05) is 11.9 Å². The number of carboxylic acids is 1. The molecule has 1 saturated carbocycles. The summed E-state index contributed by atoms with van der Waals surface area (Å²) in [5.74, 6) is -0.689. The summed E-state index contributed by atoms with van der Waals surface area (Å²) < 4.78 is 5.62. The van der Waals surface area contributed by atoms with Crippen LogP contribution in [0.4, 0.5) is 5.00 Å². The maximum atomic E-state index is 13.0. The molecule has 0 bridgehead atoms. The van der Waals surface area contributed by atoms with Crippen molar-refractivity contribution < 1.29 is 19.4 Å². The lowest BCUT2D eigenvalue weighted by Crippen LogP contribution is -2.21. The second kappa shape index (κ2) is 7.66.